The van der Waals surface area contributed by atoms with E-state index in [1.165, 1.54) is 25.7 Å². The van der Waals surface area contributed by atoms with Crippen molar-refractivity contribution in [2.75, 3.05) is 20.8 Å². The van der Waals surface area contributed by atoms with Gasteiger partial charge in [0.2, 0.25) is 0 Å². The van der Waals surface area contributed by atoms with Crippen LogP contribution in [0.25, 0.3) is 0 Å². The molecule has 0 saturated heterocycles. The fourth-order valence-electron chi connectivity index (χ4n) is 2.18. The minimum atomic E-state index is -0.322. The molecule has 0 bridgehead atoms. The molecule has 1 atom stereocenters. The Bertz CT molecular complexity index is 285. The second-order valence-corrected chi connectivity index (χ2v) is 5.58. The summed E-state index contributed by atoms with van der Waals surface area (Å²) in [7, 11) is 3.26. The van der Waals surface area contributed by atoms with Crippen molar-refractivity contribution in [2.24, 2.45) is 5.92 Å². The molecule has 1 unspecified atom stereocenters. The average molecular weight is 300 g/mol. The predicted molar refractivity (Wildman–Crippen MR) is 85.1 cm³/mol. The van der Waals surface area contributed by atoms with Crippen molar-refractivity contribution < 1.29 is 19.0 Å². The van der Waals surface area contributed by atoms with Crippen LogP contribution in [0.3, 0.4) is 0 Å². The Morgan fingerprint density at radius 2 is 1.71 bits per heavy atom. The third-order valence-corrected chi connectivity index (χ3v) is 3.57. The van der Waals surface area contributed by atoms with Crippen molar-refractivity contribution in [2.45, 2.75) is 65.1 Å². The molecule has 0 aromatic rings. The van der Waals surface area contributed by atoms with Gasteiger partial charge in [-0.15, -0.1) is 0 Å². The monoisotopic (exact) mass is 300 g/mol. The number of ether oxygens (including phenoxy) is 3. The smallest absolute Gasteiger partial charge is 0.333 e. The Balaban J connectivity index is 4.19. The first-order valence-electron chi connectivity index (χ1n) is 7.93. The van der Waals surface area contributed by atoms with Crippen molar-refractivity contribution in [3.63, 3.8) is 0 Å². The van der Waals surface area contributed by atoms with E-state index >= 15 is 0 Å². The molecular weight excluding hydrogens is 268 g/mol. The van der Waals surface area contributed by atoms with Crippen LogP contribution in [0.5, 0.6) is 0 Å². The molecule has 0 radical (unpaired) electrons. The zero-order valence-corrected chi connectivity index (χ0v) is 14.2. The summed E-state index contributed by atoms with van der Waals surface area (Å²) in [4.78, 5) is 11.5. The minimum absolute atomic E-state index is 0.242. The van der Waals surface area contributed by atoms with Crippen LogP contribution in [-0.2, 0) is 19.0 Å². The molecule has 124 valence electrons. The quantitative estimate of drug-likeness (QED) is 0.222. The normalized spacial score (nSPS) is 12.4. The van der Waals surface area contributed by atoms with Crippen molar-refractivity contribution >= 4 is 5.97 Å². The molecule has 0 rings (SSSR count). The topological polar surface area (TPSA) is 44.8 Å². The van der Waals surface area contributed by atoms with E-state index in [0.29, 0.717) is 12.2 Å². The Hall–Kier alpha value is -0.870. The summed E-state index contributed by atoms with van der Waals surface area (Å²) in [5, 5.41) is 0. The maximum absolute atomic E-state index is 11.5. The summed E-state index contributed by atoms with van der Waals surface area (Å²) in [6, 6.07) is 0. The van der Waals surface area contributed by atoms with Gasteiger partial charge in [0.1, 0.15) is 0 Å². The van der Waals surface area contributed by atoms with Gasteiger partial charge in [0.15, 0.2) is 6.29 Å². The highest BCUT2D eigenvalue weighted by atomic mass is 16.7. The van der Waals surface area contributed by atoms with Crippen molar-refractivity contribution in [1.29, 1.82) is 0 Å². The molecule has 0 saturated carbocycles. The van der Waals surface area contributed by atoms with Crippen molar-refractivity contribution in [3.8, 4) is 0 Å². The van der Waals surface area contributed by atoms with Crippen molar-refractivity contribution in [3.05, 3.63) is 12.2 Å². The molecule has 0 aliphatic carbocycles. The molecule has 0 aliphatic heterocycles. The van der Waals surface area contributed by atoms with E-state index in [4.69, 9.17) is 14.2 Å². The summed E-state index contributed by atoms with van der Waals surface area (Å²) >= 11 is 0. The van der Waals surface area contributed by atoms with E-state index in [1.807, 2.05) is 0 Å². The Labute approximate surface area is 129 Å². The summed E-state index contributed by atoms with van der Waals surface area (Å²) in [5.41, 5.74) is 0.437. The molecule has 0 fully saturated rings. The first-order chi connectivity index (χ1) is 10.0. The van der Waals surface area contributed by atoms with Crippen LogP contribution in [-0.4, -0.2) is 33.1 Å². The first kappa shape index (κ1) is 20.1. The molecule has 4 heteroatoms. The van der Waals surface area contributed by atoms with E-state index in [0.717, 1.165) is 19.3 Å². The molecule has 4 nitrogen and oxygen atoms in total. The van der Waals surface area contributed by atoms with E-state index in [1.54, 1.807) is 21.1 Å². The predicted octanol–water partition coefficient (Wildman–Crippen LogP) is 4.09. The number of unbranched alkanes of at least 4 members (excludes halogenated alkanes) is 4. The highest BCUT2D eigenvalue weighted by Crippen LogP contribution is 2.19. The van der Waals surface area contributed by atoms with Crippen LogP contribution in [0.15, 0.2) is 12.2 Å². The standard InChI is InChI=1S/C17H32O4/c1-6-7-8-9-10-11-15(12-16(19-4)20-5)13-21-17(18)14(2)3/h15-16H,2,6-13H2,1,3-5H3. The van der Waals surface area contributed by atoms with E-state index in [-0.39, 0.29) is 18.2 Å². The summed E-state index contributed by atoms with van der Waals surface area (Å²) in [6.45, 7) is 7.88. The molecule has 0 aliphatic rings. The number of rotatable bonds is 13. The second kappa shape index (κ2) is 12.8. The van der Waals surface area contributed by atoms with Gasteiger partial charge in [-0.1, -0.05) is 45.6 Å². The van der Waals surface area contributed by atoms with Crippen molar-refractivity contribution in [1.82, 2.24) is 0 Å². The van der Waals surface area contributed by atoms with Gasteiger partial charge in [-0.3, -0.25) is 0 Å². The van der Waals surface area contributed by atoms with Crippen LogP contribution < -0.4 is 0 Å². The van der Waals surface area contributed by atoms with E-state index in [2.05, 4.69) is 13.5 Å². The molecule has 0 spiro atoms. The van der Waals surface area contributed by atoms with E-state index in [9.17, 15) is 4.79 Å². The van der Waals surface area contributed by atoms with Crippen LogP contribution in [0.2, 0.25) is 0 Å². The van der Waals surface area contributed by atoms with Crippen LogP contribution in [0.1, 0.15) is 58.8 Å². The number of hydrogen-bond acceptors (Lipinski definition) is 4. The lowest BCUT2D eigenvalue weighted by atomic mass is 9.97. The highest BCUT2D eigenvalue weighted by molar-refractivity contribution is 5.86. The zero-order chi connectivity index (χ0) is 16.1. The first-order valence-corrected chi connectivity index (χ1v) is 7.93. The van der Waals surface area contributed by atoms with Gasteiger partial charge in [-0.05, 0) is 19.3 Å². The van der Waals surface area contributed by atoms with Gasteiger partial charge in [-0.25, -0.2) is 4.79 Å². The molecule has 0 amide bonds. The third kappa shape index (κ3) is 10.5. The fourth-order valence-corrected chi connectivity index (χ4v) is 2.18. The molecule has 21 heavy (non-hydrogen) atoms. The number of carbonyl (C=O) groups is 1. The molecule has 0 aromatic heterocycles. The van der Waals surface area contributed by atoms with Gasteiger partial charge in [0.25, 0.3) is 0 Å². The number of methoxy groups -OCH3 is 2. The maximum atomic E-state index is 11.5. The zero-order valence-electron chi connectivity index (χ0n) is 14.2. The lowest BCUT2D eigenvalue weighted by Gasteiger charge is -2.21. The summed E-state index contributed by atoms with van der Waals surface area (Å²) < 4.78 is 15.8. The minimum Gasteiger partial charge on any atom is -0.462 e. The Morgan fingerprint density at radius 1 is 1.10 bits per heavy atom. The summed E-state index contributed by atoms with van der Waals surface area (Å²) in [6.07, 6.45) is 7.70. The van der Waals surface area contributed by atoms with Gasteiger partial charge < -0.3 is 14.2 Å². The summed E-state index contributed by atoms with van der Waals surface area (Å²) in [5.74, 6) is -0.0582. The second-order valence-electron chi connectivity index (χ2n) is 5.58. The Kier molecular flexibility index (Phi) is 12.3. The van der Waals surface area contributed by atoms with Gasteiger partial charge >= 0.3 is 5.97 Å². The molecule has 0 heterocycles. The van der Waals surface area contributed by atoms with Gasteiger partial charge in [0, 0.05) is 26.2 Å². The van der Waals surface area contributed by atoms with Crippen LogP contribution in [0.4, 0.5) is 0 Å². The third-order valence-electron chi connectivity index (χ3n) is 3.57. The SMILES string of the molecule is C=C(C)C(=O)OCC(CCCCCCC)CC(OC)OC. The number of hydrogen-bond donors (Lipinski definition) is 0. The van der Waals surface area contributed by atoms with Gasteiger partial charge in [0.05, 0.1) is 6.61 Å². The molecule has 0 aromatic carbocycles. The lowest BCUT2D eigenvalue weighted by molar-refractivity contribution is -0.144. The Morgan fingerprint density at radius 3 is 2.24 bits per heavy atom. The van der Waals surface area contributed by atoms with Crippen LogP contribution in [0, 0.1) is 5.92 Å². The van der Waals surface area contributed by atoms with Gasteiger partial charge in [-0.2, -0.15) is 0 Å². The number of esters is 1. The average Bonchev–Trinajstić information content (AvgIpc) is 2.48. The molecular formula is C17H32O4. The van der Waals surface area contributed by atoms with Crippen LogP contribution >= 0.6 is 0 Å². The van der Waals surface area contributed by atoms with E-state index < -0.39 is 0 Å². The largest absolute Gasteiger partial charge is 0.462 e. The number of carbonyl (C=O) groups excluding carboxylic acids is 1. The maximum Gasteiger partial charge on any atom is 0.333 e. The highest BCUT2D eigenvalue weighted by Gasteiger charge is 2.18. The fraction of sp³-hybridized carbons (Fsp3) is 0.824. The molecule has 0 N–H and O–H groups in total. The lowest BCUT2D eigenvalue weighted by Crippen LogP contribution is -2.23.